The molecule has 0 bridgehead atoms. The summed E-state index contributed by atoms with van der Waals surface area (Å²) in [5, 5.41) is 2.92. The van der Waals surface area contributed by atoms with Crippen LogP contribution in [0.5, 0.6) is 0 Å². The monoisotopic (exact) mass is 281 g/mol. The maximum atomic E-state index is 11.5. The van der Waals surface area contributed by atoms with Gasteiger partial charge in [-0.2, -0.15) is 0 Å². The predicted octanol–water partition coefficient (Wildman–Crippen LogP) is 1.66. The van der Waals surface area contributed by atoms with Crippen LogP contribution in [0.15, 0.2) is 12.1 Å². The molecule has 1 aromatic heterocycles. The first-order chi connectivity index (χ1) is 9.11. The molecule has 1 aliphatic rings. The highest BCUT2D eigenvalue weighted by Gasteiger charge is 2.28. The second-order valence-corrected chi connectivity index (χ2v) is 6.42. The lowest BCUT2D eigenvalue weighted by molar-refractivity contribution is -0.120. The average Bonchev–Trinajstić information content (AvgIpc) is 2.69. The van der Waals surface area contributed by atoms with E-state index < -0.39 is 0 Å². The molecule has 3 N–H and O–H groups in total. The number of thiophene rings is 1. The minimum absolute atomic E-state index is 0.117. The van der Waals surface area contributed by atoms with Crippen LogP contribution in [-0.2, 0) is 4.79 Å². The van der Waals surface area contributed by atoms with E-state index in [1.165, 1.54) is 9.75 Å². The number of hydrogen-bond acceptors (Lipinski definition) is 4. The zero-order valence-electron chi connectivity index (χ0n) is 11.7. The smallest absolute Gasteiger partial charge is 0.221 e. The van der Waals surface area contributed by atoms with Crippen LogP contribution in [0.4, 0.5) is 0 Å². The second kappa shape index (κ2) is 6.50. The van der Waals surface area contributed by atoms with Gasteiger partial charge < -0.3 is 11.1 Å². The van der Waals surface area contributed by atoms with Gasteiger partial charge in [-0.05, 0) is 25.5 Å². The fourth-order valence-electron chi connectivity index (χ4n) is 2.56. The Morgan fingerprint density at radius 2 is 2.26 bits per heavy atom. The molecule has 0 aliphatic carbocycles. The van der Waals surface area contributed by atoms with Crippen molar-refractivity contribution in [3.63, 3.8) is 0 Å². The predicted molar refractivity (Wildman–Crippen MR) is 79.3 cm³/mol. The minimum atomic E-state index is 0.117. The molecule has 5 heteroatoms. The van der Waals surface area contributed by atoms with Gasteiger partial charge in [-0.25, -0.2) is 0 Å². The highest BCUT2D eigenvalue weighted by Crippen LogP contribution is 2.31. The van der Waals surface area contributed by atoms with E-state index in [1.807, 2.05) is 11.3 Å². The Kier molecular flexibility index (Phi) is 4.96. The molecule has 0 spiro atoms. The van der Waals surface area contributed by atoms with Gasteiger partial charge in [0.25, 0.3) is 0 Å². The molecule has 2 rings (SSSR count). The quantitative estimate of drug-likeness (QED) is 0.882. The normalized spacial score (nSPS) is 20.7. The molecule has 0 saturated carbocycles. The first kappa shape index (κ1) is 14.5. The zero-order chi connectivity index (χ0) is 13.8. The summed E-state index contributed by atoms with van der Waals surface area (Å²) < 4.78 is 0. The molecule has 1 fully saturated rings. The summed E-state index contributed by atoms with van der Waals surface area (Å²) in [5.41, 5.74) is 6.33. The maximum absolute atomic E-state index is 11.5. The van der Waals surface area contributed by atoms with E-state index >= 15 is 0 Å². The van der Waals surface area contributed by atoms with Crippen molar-refractivity contribution >= 4 is 17.2 Å². The average molecular weight is 281 g/mol. The fraction of sp³-hybridized carbons (Fsp3) is 0.643. The van der Waals surface area contributed by atoms with Gasteiger partial charge in [0.05, 0.1) is 6.04 Å². The molecule has 19 heavy (non-hydrogen) atoms. The van der Waals surface area contributed by atoms with E-state index in [1.54, 1.807) is 0 Å². The lowest BCUT2D eigenvalue weighted by Crippen LogP contribution is -2.42. The Bertz CT molecular complexity index is 432. The van der Waals surface area contributed by atoms with Crippen molar-refractivity contribution in [2.75, 3.05) is 19.6 Å². The first-order valence-electron chi connectivity index (χ1n) is 6.94. The molecule has 1 aromatic rings. The summed E-state index contributed by atoms with van der Waals surface area (Å²) in [6, 6.07) is 4.68. The molecule has 4 nitrogen and oxygen atoms in total. The number of carbonyl (C=O) groups excluding carboxylic acids is 1. The SMILES string of the molecule is CCC(N)C(c1ccc(C)s1)N1CCNC(=O)CC1. The van der Waals surface area contributed by atoms with Crippen molar-refractivity contribution in [2.45, 2.75) is 38.8 Å². The van der Waals surface area contributed by atoms with Gasteiger partial charge >= 0.3 is 0 Å². The summed E-state index contributed by atoms with van der Waals surface area (Å²) in [6.07, 6.45) is 1.51. The number of rotatable bonds is 4. The highest BCUT2D eigenvalue weighted by atomic mass is 32.1. The third-order valence-electron chi connectivity index (χ3n) is 3.67. The van der Waals surface area contributed by atoms with Crippen LogP contribution in [0.25, 0.3) is 0 Å². The molecule has 1 aliphatic heterocycles. The first-order valence-corrected chi connectivity index (χ1v) is 7.76. The van der Waals surface area contributed by atoms with Crippen LogP contribution in [0, 0.1) is 6.92 Å². The molecule has 2 heterocycles. The fourth-order valence-corrected chi connectivity index (χ4v) is 3.65. The van der Waals surface area contributed by atoms with Crippen molar-refractivity contribution in [3.05, 3.63) is 21.9 Å². The van der Waals surface area contributed by atoms with Gasteiger partial charge in [0.2, 0.25) is 5.91 Å². The molecule has 1 saturated heterocycles. The van der Waals surface area contributed by atoms with Gasteiger partial charge in [0.1, 0.15) is 0 Å². The lowest BCUT2D eigenvalue weighted by atomic mass is 10.0. The van der Waals surface area contributed by atoms with Gasteiger partial charge in [-0.3, -0.25) is 9.69 Å². The molecule has 1 amide bonds. The number of hydrogen-bond donors (Lipinski definition) is 2. The van der Waals surface area contributed by atoms with Crippen LogP contribution in [-0.4, -0.2) is 36.5 Å². The molecule has 0 radical (unpaired) electrons. The number of nitrogens with one attached hydrogen (secondary N) is 1. The third-order valence-corrected chi connectivity index (χ3v) is 4.74. The van der Waals surface area contributed by atoms with Crippen LogP contribution in [0.3, 0.4) is 0 Å². The van der Waals surface area contributed by atoms with E-state index in [-0.39, 0.29) is 18.0 Å². The molecule has 2 atom stereocenters. The van der Waals surface area contributed by atoms with Crippen molar-refractivity contribution < 1.29 is 4.79 Å². The summed E-state index contributed by atoms with van der Waals surface area (Å²) in [7, 11) is 0. The standard InChI is InChI=1S/C14H23N3OS/c1-3-11(15)14(12-5-4-10(2)19-12)17-8-6-13(18)16-7-9-17/h4-5,11,14H,3,6-9,15H2,1-2H3,(H,16,18). The highest BCUT2D eigenvalue weighted by molar-refractivity contribution is 7.12. The zero-order valence-corrected chi connectivity index (χ0v) is 12.5. The van der Waals surface area contributed by atoms with Crippen molar-refractivity contribution in [1.82, 2.24) is 10.2 Å². The molecule has 0 aromatic carbocycles. The Morgan fingerprint density at radius 3 is 2.89 bits per heavy atom. The molecular weight excluding hydrogens is 258 g/mol. The van der Waals surface area contributed by atoms with E-state index in [0.717, 1.165) is 26.1 Å². The van der Waals surface area contributed by atoms with Gasteiger partial charge in [-0.1, -0.05) is 6.92 Å². The van der Waals surface area contributed by atoms with E-state index in [2.05, 4.69) is 36.2 Å². The van der Waals surface area contributed by atoms with Gasteiger partial charge in [0, 0.05) is 41.9 Å². The van der Waals surface area contributed by atoms with Crippen molar-refractivity contribution in [1.29, 1.82) is 0 Å². The summed E-state index contributed by atoms with van der Waals surface area (Å²) in [5.74, 6) is 0.147. The third kappa shape index (κ3) is 3.55. The molecular formula is C14H23N3OS. The maximum Gasteiger partial charge on any atom is 0.221 e. The van der Waals surface area contributed by atoms with E-state index in [0.29, 0.717) is 6.42 Å². The number of nitrogens with two attached hydrogens (primary N) is 1. The van der Waals surface area contributed by atoms with Gasteiger partial charge in [0.15, 0.2) is 0 Å². The Labute approximate surface area is 119 Å². The van der Waals surface area contributed by atoms with Gasteiger partial charge in [-0.15, -0.1) is 11.3 Å². The number of aryl methyl sites for hydroxylation is 1. The Balaban J connectivity index is 2.19. The summed E-state index contributed by atoms with van der Waals surface area (Å²) >= 11 is 1.81. The second-order valence-electron chi connectivity index (χ2n) is 5.10. The van der Waals surface area contributed by atoms with Crippen LogP contribution >= 0.6 is 11.3 Å². The lowest BCUT2D eigenvalue weighted by Gasteiger charge is -2.33. The number of nitrogens with zero attached hydrogens (tertiary/aromatic N) is 1. The molecule has 2 unspecified atom stereocenters. The topological polar surface area (TPSA) is 58.4 Å². The van der Waals surface area contributed by atoms with Crippen molar-refractivity contribution in [2.24, 2.45) is 5.73 Å². The van der Waals surface area contributed by atoms with E-state index in [9.17, 15) is 4.79 Å². The van der Waals surface area contributed by atoms with Crippen LogP contribution in [0.1, 0.15) is 35.6 Å². The van der Waals surface area contributed by atoms with Crippen LogP contribution in [0.2, 0.25) is 0 Å². The molecule has 106 valence electrons. The summed E-state index contributed by atoms with van der Waals surface area (Å²) in [6.45, 7) is 6.63. The number of amides is 1. The largest absolute Gasteiger partial charge is 0.355 e. The Hall–Kier alpha value is -0.910. The summed E-state index contributed by atoms with van der Waals surface area (Å²) in [4.78, 5) is 16.5. The van der Waals surface area contributed by atoms with Crippen molar-refractivity contribution in [3.8, 4) is 0 Å². The Morgan fingerprint density at radius 1 is 1.47 bits per heavy atom. The van der Waals surface area contributed by atoms with Crippen LogP contribution < -0.4 is 11.1 Å². The number of carbonyl (C=O) groups is 1. The minimum Gasteiger partial charge on any atom is -0.355 e. The van der Waals surface area contributed by atoms with E-state index in [4.69, 9.17) is 5.73 Å².